The standard InChI is InChI=1S/C35H48BN3O4S/c1-34(2)26-21-29(34)35(3)30(22-26)42-36(43-35)31(16-7-8-17-37)38-32(40)27-14-10-18-39(27)33(41)25-13-9-11-23(20-25)19-24-12-5-6-15-28(24)44-4/h5-6,9,11-13,15,20,26-27,29-31H,7-8,10,14,16-19,21-22,37H2,1-4H3,(H,38,40)/t26-,27-,29-,30+,31-,35-/m0/s1. The minimum atomic E-state index is -0.508. The van der Waals surface area contributed by atoms with Gasteiger partial charge in [-0.25, -0.2) is 0 Å². The molecule has 7 nitrogen and oxygen atoms in total. The molecule has 9 heteroatoms. The molecule has 7 rings (SSSR count). The predicted molar refractivity (Wildman–Crippen MR) is 176 cm³/mol. The van der Waals surface area contributed by atoms with Crippen molar-refractivity contribution >= 4 is 30.7 Å². The molecular weight excluding hydrogens is 569 g/mol. The highest BCUT2D eigenvalue weighted by Gasteiger charge is 2.68. The molecule has 0 unspecified atom stereocenters. The Balaban J connectivity index is 1.14. The van der Waals surface area contributed by atoms with Gasteiger partial charge in [-0.05, 0) is 111 Å². The van der Waals surface area contributed by atoms with Crippen LogP contribution >= 0.6 is 11.8 Å². The van der Waals surface area contributed by atoms with E-state index in [9.17, 15) is 9.59 Å². The maximum absolute atomic E-state index is 13.9. The number of nitrogens with two attached hydrogens (primary N) is 1. The van der Waals surface area contributed by atoms with E-state index in [1.807, 2.05) is 18.2 Å². The van der Waals surface area contributed by atoms with Crippen molar-refractivity contribution in [3.05, 3.63) is 65.2 Å². The van der Waals surface area contributed by atoms with Gasteiger partial charge in [0, 0.05) is 17.0 Å². The Bertz CT molecular complexity index is 1370. The van der Waals surface area contributed by atoms with Crippen LogP contribution in [-0.4, -0.2) is 66.9 Å². The molecule has 2 saturated heterocycles. The Morgan fingerprint density at radius 3 is 2.73 bits per heavy atom. The Morgan fingerprint density at radius 2 is 1.95 bits per heavy atom. The summed E-state index contributed by atoms with van der Waals surface area (Å²) >= 11 is 1.73. The quantitative estimate of drug-likeness (QED) is 0.197. The van der Waals surface area contributed by atoms with Gasteiger partial charge in [0.15, 0.2) is 0 Å². The van der Waals surface area contributed by atoms with E-state index < -0.39 is 13.2 Å². The van der Waals surface area contributed by atoms with E-state index in [1.54, 1.807) is 16.7 Å². The molecule has 5 fully saturated rings. The smallest absolute Gasteiger partial charge is 0.404 e. The van der Waals surface area contributed by atoms with Crippen molar-refractivity contribution in [3.63, 3.8) is 0 Å². The monoisotopic (exact) mass is 617 g/mol. The molecule has 2 aromatic carbocycles. The average molecular weight is 618 g/mol. The topological polar surface area (TPSA) is 93.9 Å². The molecule has 236 valence electrons. The normalized spacial score (nSPS) is 29.2. The molecular formula is C35H48BN3O4S. The highest BCUT2D eigenvalue weighted by molar-refractivity contribution is 7.98. The molecule has 0 aromatic heterocycles. The highest BCUT2D eigenvalue weighted by Crippen LogP contribution is 2.65. The van der Waals surface area contributed by atoms with E-state index in [0.29, 0.717) is 36.9 Å². The molecule has 2 aliphatic heterocycles. The second-order valence-electron chi connectivity index (χ2n) is 14.1. The third-order valence-electron chi connectivity index (χ3n) is 11.2. The largest absolute Gasteiger partial charge is 0.481 e. The molecule has 44 heavy (non-hydrogen) atoms. The molecule has 0 radical (unpaired) electrons. The molecule has 3 N–H and O–H groups in total. The number of hydrogen-bond acceptors (Lipinski definition) is 6. The predicted octanol–water partition coefficient (Wildman–Crippen LogP) is 5.49. The van der Waals surface area contributed by atoms with E-state index in [-0.39, 0.29) is 34.9 Å². The Hall–Kier alpha value is -2.33. The first-order chi connectivity index (χ1) is 21.2. The number of rotatable bonds is 11. The zero-order valence-corrected chi connectivity index (χ0v) is 27.5. The number of thioether (sulfide) groups is 1. The van der Waals surface area contributed by atoms with Crippen LogP contribution in [-0.2, 0) is 20.5 Å². The van der Waals surface area contributed by atoms with Gasteiger partial charge in [0.05, 0.1) is 17.6 Å². The first-order valence-corrected chi connectivity index (χ1v) is 17.7. The van der Waals surface area contributed by atoms with E-state index in [1.165, 1.54) is 16.9 Å². The Labute approximate surface area is 267 Å². The van der Waals surface area contributed by atoms with Crippen molar-refractivity contribution in [3.8, 4) is 0 Å². The van der Waals surface area contributed by atoms with Crippen molar-refractivity contribution in [1.29, 1.82) is 0 Å². The van der Waals surface area contributed by atoms with Crippen molar-refractivity contribution in [2.24, 2.45) is 23.0 Å². The summed E-state index contributed by atoms with van der Waals surface area (Å²) in [4.78, 5) is 30.7. The second kappa shape index (κ2) is 12.8. The minimum absolute atomic E-state index is 0.0536. The summed E-state index contributed by atoms with van der Waals surface area (Å²) in [5, 5.41) is 3.30. The van der Waals surface area contributed by atoms with Crippen LogP contribution in [0, 0.1) is 17.3 Å². The molecule has 0 spiro atoms. The van der Waals surface area contributed by atoms with Gasteiger partial charge in [0.2, 0.25) is 5.91 Å². The van der Waals surface area contributed by atoms with E-state index >= 15 is 0 Å². The first-order valence-electron chi connectivity index (χ1n) is 16.5. The number of carbonyl (C=O) groups excluding carboxylic acids is 2. The number of benzene rings is 2. The van der Waals surface area contributed by atoms with Crippen LogP contribution in [0.2, 0.25) is 0 Å². The summed E-state index contributed by atoms with van der Waals surface area (Å²) in [5.41, 5.74) is 8.70. The van der Waals surface area contributed by atoms with Crippen molar-refractivity contribution in [2.75, 3.05) is 19.3 Å². The van der Waals surface area contributed by atoms with Crippen LogP contribution < -0.4 is 11.1 Å². The number of hydrogen-bond donors (Lipinski definition) is 2. The van der Waals surface area contributed by atoms with Crippen LogP contribution in [0.3, 0.4) is 0 Å². The summed E-state index contributed by atoms with van der Waals surface area (Å²) in [5.74, 6) is 0.632. The van der Waals surface area contributed by atoms with Gasteiger partial charge in [-0.2, -0.15) is 0 Å². The molecule has 3 saturated carbocycles. The SMILES string of the molecule is CSc1ccccc1Cc1cccc(C(=O)N2CCC[C@H]2C(=O)N[C@@H](CCCCN)B2O[C@@H]3C[C@@H]4C[C@@H](C4(C)C)[C@]3(C)O2)c1. The number of amides is 2. The molecule has 2 aromatic rings. The molecule has 6 atom stereocenters. The van der Waals surface area contributed by atoms with Gasteiger partial charge in [0.1, 0.15) is 6.04 Å². The fourth-order valence-corrected chi connectivity index (χ4v) is 9.08. The third-order valence-corrected chi connectivity index (χ3v) is 12.0. The van der Waals surface area contributed by atoms with Gasteiger partial charge in [0.25, 0.3) is 5.91 Å². The zero-order chi connectivity index (χ0) is 31.1. The van der Waals surface area contributed by atoms with E-state index in [0.717, 1.165) is 44.1 Å². The average Bonchev–Trinajstić information content (AvgIpc) is 3.65. The summed E-state index contributed by atoms with van der Waals surface area (Å²) in [6.07, 6.45) is 9.03. The lowest BCUT2D eigenvalue weighted by Gasteiger charge is -2.64. The minimum Gasteiger partial charge on any atom is -0.404 e. The number of likely N-dealkylation sites (tertiary alicyclic amines) is 1. The van der Waals surface area contributed by atoms with Crippen LogP contribution in [0.15, 0.2) is 53.4 Å². The van der Waals surface area contributed by atoms with Gasteiger partial charge in [-0.15, -0.1) is 11.8 Å². The molecule has 2 amide bonds. The fourth-order valence-electron chi connectivity index (χ4n) is 8.47. The maximum atomic E-state index is 13.9. The lowest BCUT2D eigenvalue weighted by atomic mass is 9.43. The Kier molecular flexibility index (Phi) is 9.22. The number of nitrogens with zero attached hydrogens (tertiary/aromatic N) is 1. The second-order valence-corrected chi connectivity index (χ2v) is 14.9. The van der Waals surface area contributed by atoms with Crippen LogP contribution in [0.5, 0.6) is 0 Å². The van der Waals surface area contributed by atoms with Gasteiger partial charge < -0.3 is 25.3 Å². The summed E-state index contributed by atoms with van der Waals surface area (Å²) < 4.78 is 13.4. The van der Waals surface area contributed by atoms with Crippen LogP contribution in [0.25, 0.3) is 0 Å². The lowest BCUT2D eigenvalue weighted by Crippen LogP contribution is -2.65. The van der Waals surface area contributed by atoms with Crippen LogP contribution in [0.1, 0.15) is 87.2 Å². The van der Waals surface area contributed by atoms with Gasteiger partial charge >= 0.3 is 7.12 Å². The van der Waals surface area contributed by atoms with E-state index in [4.69, 9.17) is 15.0 Å². The number of nitrogens with one attached hydrogen (secondary N) is 1. The molecule has 5 aliphatic rings. The van der Waals surface area contributed by atoms with Crippen molar-refractivity contribution in [1.82, 2.24) is 10.2 Å². The Morgan fingerprint density at radius 1 is 1.14 bits per heavy atom. The summed E-state index contributed by atoms with van der Waals surface area (Å²) in [7, 11) is -0.492. The maximum Gasteiger partial charge on any atom is 0.481 e. The summed E-state index contributed by atoms with van der Waals surface area (Å²) in [6, 6.07) is 15.7. The van der Waals surface area contributed by atoms with Crippen molar-refractivity contribution < 1.29 is 18.9 Å². The molecule has 2 heterocycles. The van der Waals surface area contributed by atoms with Gasteiger partial charge in [-0.1, -0.05) is 50.6 Å². The number of carbonyl (C=O) groups is 2. The van der Waals surface area contributed by atoms with Gasteiger partial charge in [-0.3, -0.25) is 9.59 Å². The third kappa shape index (κ3) is 5.86. The van der Waals surface area contributed by atoms with Crippen LogP contribution in [0.4, 0.5) is 0 Å². The first kappa shape index (κ1) is 31.6. The number of unbranched alkanes of at least 4 members (excludes halogenated alkanes) is 1. The fraction of sp³-hybridized carbons (Fsp3) is 0.600. The molecule has 3 aliphatic carbocycles. The zero-order valence-electron chi connectivity index (χ0n) is 26.7. The summed E-state index contributed by atoms with van der Waals surface area (Å²) in [6.45, 7) is 8.11. The molecule has 2 bridgehead atoms. The lowest BCUT2D eigenvalue weighted by molar-refractivity contribution is -0.199. The van der Waals surface area contributed by atoms with Crippen molar-refractivity contribution in [2.45, 2.75) is 101 Å². The highest BCUT2D eigenvalue weighted by atomic mass is 32.2. The van der Waals surface area contributed by atoms with E-state index in [2.05, 4.69) is 62.7 Å².